The molecule has 14 heteroatoms. The molecule has 1 aliphatic heterocycles. The van der Waals surface area contributed by atoms with Gasteiger partial charge >= 0.3 is 0 Å². The molecule has 4 atom stereocenters. The number of aliphatic hydroxyl groups is 3. The molecule has 3 heterocycles. The predicted molar refractivity (Wildman–Crippen MR) is 110 cm³/mol. The summed E-state index contributed by atoms with van der Waals surface area (Å²) in [6.45, 7) is -0.549. The summed E-state index contributed by atoms with van der Waals surface area (Å²) in [4.78, 5) is 22.7. The van der Waals surface area contributed by atoms with E-state index in [-0.39, 0.29) is 28.8 Å². The zero-order valence-electron chi connectivity index (χ0n) is 15.7. The van der Waals surface area contributed by atoms with Crippen LogP contribution in [0, 0.1) is 0 Å². The molecule has 31 heavy (non-hydrogen) atoms. The molecule has 0 aliphatic carbocycles. The lowest BCUT2D eigenvalue weighted by Gasteiger charge is -2.18. The van der Waals surface area contributed by atoms with E-state index < -0.39 is 36.7 Å². The number of nitrogens with two attached hydrogens (primary N) is 1. The van der Waals surface area contributed by atoms with Gasteiger partial charge in [-0.25, -0.2) is 10.4 Å². The second-order valence-corrected chi connectivity index (χ2v) is 7.17. The summed E-state index contributed by atoms with van der Waals surface area (Å²) in [6.07, 6.45) is -3.95. The highest BCUT2D eigenvalue weighted by atomic mass is 35.5. The minimum Gasteiger partial charge on any atom is -0.507 e. The first-order valence-corrected chi connectivity index (χ1v) is 9.35. The van der Waals surface area contributed by atoms with Gasteiger partial charge in [0.1, 0.15) is 24.1 Å². The van der Waals surface area contributed by atoms with E-state index in [1.807, 2.05) is 0 Å². The van der Waals surface area contributed by atoms with Crippen molar-refractivity contribution in [2.75, 3.05) is 17.8 Å². The number of halogens is 1. The fourth-order valence-corrected chi connectivity index (χ4v) is 3.38. The van der Waals surface area contributed by atoms with E-state index in [1.54, 1.807) is 0 Å². The van der Waals surface area contributed by atoms with Crippen LogP contribution in [0.1, 0.15) is 11.8 Å². The van der Waals surface area contributed by atoms with Crippen LogP contribution in [0.25, 0.3) is 11.2 Å². The zero-order valence-corrected chi connectivity index (χ0v) is 16.4. The van der Waals surface area contributed by atoms with Crippen LogP contribution < -0.4 is 16.7 Å². The van der Waals surface area contributed by atoms with Gasteiger partial charge in [0.05, 0.1) is 12.8 Å². The summed E-state index contributed by atoms with van der Waals surface area (Å²) in [5.41, 5.74) is 7.71. The fraction of sp³-hybridized carbons (Fsp3) is 0.294. The van der Waals surface area contributed by atoms with E-state index in [9.17, 15) is 25.2 Å². The number of hydrogen-bond acceptors (Lipinski definition) is 11. The van der Waals surface area contributed by atoms with Crippen molar-refractivity contribution in [1.82, 2.24) is 19.5 Å². The summed E-state index contributed by atoms with van der Waals surface area (Å²) in [5.74, 6) is -0.353. The number of benzene rings is 1. The van der Waals surface area contributed by atoms with Crippen LogP contribution in [0.15, 0.2) is 28.1 Å². The normalized spacial score (nSPS) is 23.7. The Kier molecular flexibility index (Phi) is 5.51. The molecule has 4 rings (SSSR count). The number of hydrazone groups is 1. The van der Waals surface area contributed by atoms with Crippen molar-refractivity contribution >= 4 is 40.9 Å². The van der Waals surface area contributed by atoms with E-state index >= 15 is 0 Å². The molecule has 0 saturated carbocycles. The van der Waals surface area contributed by atoms with Crippen molar-refractivity contribution in [3.05, 3.63) is 39.1 Å². The van der Waals surface area contributed by atoms with E-state index in [0.717, 1.165) is 0 Å². The van der Waals surface area contributed by atoms with E-state index in [4.69, 9.17) is 22.1 Å². The maximum Gasteiger partial charge on any atom is 0.280 e. The van der Waals surface area contributed by atoms with Crippen molar-refractivity contribution in [2.24, 2.45) is 5.10 Å². The van der Waals surface area contributed by atoms with Crippen LogP contribution in [0.5, 0.6) is 5.75 Å². The summed E-state index contributed by atoms with van der Waals surface area (Å²) in [7, 11) is 0. The molecule has 0 bridgehead atoms. The maximum absolute atomic E-state index is 12.3. The van der Waals surface area contributed by atoms with Gasteiger partial charge in [-0.15, -0.1) is 0 Å². The van der Waals surface area contributed by atoms with Crippen LogP contribution in [0.4, 0.5) is 11.9 Å². The Labute approximate surface area is 178 Å². The number of ether oxygens (including phenoxy) is 1. The highest BCUT2D eigenvalue weighted by Crippen LogP contribution is 2.34. The lowest BCUT2D eigenvalue weighted by Crippen LogP contribution is -2.33. The van der Waals surface area contributed by atoms with E-state index in [2.05, 4.69) is 25.5 Å². The third kappa shape index (κ3) is 3.80. The Bertz CT molecular complexity index is 1210. The third-order valence-electron chi connectivity index (χ3n) is 4.70. The topological polar surface area (TPSA) is 204 Å². The average molecular weight is 452 g/mol. The number of H-pyrrole nitrogens is 1. The van der Waals surface area contributed by atoms with Crippen LogP contribution in [-0.4, -0.2) is 71.1 Å². The first-order valence-electron chi connectivity index (χ1n) is 8.98. The molecule has 1 fully saturated rings. The van der Waals surface area contributed by atoms with Gasteiger partial charge in [0, 0.05) is 10.6 Å². The maximum atomic E-state index is 12.3. The molecule has 8 N–H and O–H groups in total. The van der Waals surface area contributed by atoms with Crippen LogP contribution >= 0.6 is 11.6 Å². The molecule has 0 amide bonds. The first kappa shape index (κ1) is 21.0. The van der Waals surface area contributed by atoms with Crippen LogP contribution in [0.3, 0.4) is 0 Å². The molecule has 164 valence electrons. The number of nitrogens with zero attached hydrogens (tertiary/aromatic N) is 4. The number of imidazole rings is 1. The molecular formula is C17H18ClN7O6. The van der Waals surface area contributed by atoms with Crippen molar-refractivity contribution in [3.8, 4) is 5.75 Å². The van der Waals surface area contributed by atoms with Gasteiger partial charge in [-0.3, -0.25) is 14.3 Å². The largest absolute Gasteiger partial charge is 0.507 e. The van der Waals surface area contributed by atoms with Crippen molar-refractivity contribution < 1.29 is 25.2 Å². The number of fused-ring (bicyclic) bond motifs is 1. The molecule has 0 radical (unpaired) electrons. The number of aromatic hydroxyl groups is 1. The molecule has 3 aromatic rings. The van der Waals surface area contributed by atoms with Gasteiger partial charge in [-0.2, -0.15) is 10.1 Å². The summed E-state index contributed by atoms with van der Waals surface area (Å²) in [5, 5.41) is 44.2. The Morgan fingerprint density at radius 3 is 2.84 bits per heavy atom. The minimum atomic E-state index is -1.47. The highest BCUT2D eigenvalue weighted by molar-refractivity contribution is 6.30. The summed E-state index contributed by atoms with van der Waals surface area (Å²) < 4.78 is 6.73. The van der Waals surface area contributed by atoms with Gasteiger partial charge in [-0.1, -0.05) is 11.6 Å². The number of phenols is 1. The molecule has 1 aliphatic rings. The van der Waals surface area contributed by atoms with Crippen molar-refractivity contribution in [3.63, 3.8) is 0 Å². The minimum absolute atomic E-state index is 0.0422. The van der Waals surface area contributed by atoms with Crippen molar-refractivity contribution in [1.29, 1.82) is 0 Å². The third-order valence-corrected chi connectivity index (χ3v) is 4.93. The molecular weight excluding hydrogens is 434 g/mol. The zero-order chi connectivity index (χ0) is 22.3. The lowest BCUT2D eigenvalue weighted by atomic mass is 10.1. The second kappa shape index (κ2) is 8.13. The number of nitrogen functional groups attached to an aromatic ring is 1. The number of aliphatic hydroxyl groups excluding tert-OH is 3. The summed E-state index contributed by atoms with van der Waals surface area (Å²) in [6, 6.07) is 4.37. The first-order chi connectivity index (χ1) is 14.8. The monoisotopic (exact) mass is 451 g/mol. The van der Waals surface area contributed by atoms with Gasteiger partial charge in [0.25, 0.3) is 5.56 Å². The number of anilines is 2. The van der Waals surface area contributed by atoms with Gasteiger partial charge in [0.15, 0.2) is 17.4 Å². The predicted octanol–water partition coefficient (Wildman–Crippen LogP) is -0.882. The average Bonchev–Trinajstić information content (AvgIpc) is 3.22. The number of phenolic OH excluding ortho intramolecular Hbond substituents is 1. The number of aromatic nitrogens is 4. The smallest absolute Gasteiger partial charge is 0.280 e. The summed E-state index contributed by atoms with van der Waals surface area (Å²) >= 11 is 5.91. The molecule has 2 aromatic heterocycles. The van der Waals surface area contributed by atoms with E-state index in [1.165, 1.54) is 29.0 Å². The molecule has 1 saturated heterocycles. The van der Waals surface area contributed by atoms with Gasteiger partial charge < -0.3 is 30.9 Å². The Hall–Kier alpha value is -3.23. The number of nitrogens with one attached hydrogen (secondary N) is 2. The Morgan fingerprint density at radius 1 is 1.35 bits per heavy atom. The molecule has 13 nitrogen and oxygen atoms in total. The SMILES string of the molecule is Nc1nc2c(nc(N/N=C\c3cc(Cl)ccc3O)n2[C@@H]2O[C@H](CO)[C@@H](O)[C@H]2O)c(=O)[nH]1. The van der Waals surface area contributed by atoms with Gasteiger partial charge in [-0.05, 0) is 18.2 Å². The van der Waals surface area contributed by atoms with Crippen LogP contribution in [0.2, 0.25) is 5.02 Å². The second-order valence-electron chi connectivity index (χ2n) is 6.73. The lowest BCUT2D eigenvalue weighted by molar-refractivity contribution is -0.0501. The van der Waals surface area contributed by atoms with Gasteiger partial charge in [0.2, 0.25) is 11.9 Å². The number of aromatic amines is 1. The quantitative estimate of drug-likeness (QED) is 0.188. The fourth-order valence-electron chi connectivity index (χ4n) is 3.20. The molecule has 0 unspecified atom stereocenters. The standard InChI is InChI=1S/C17H18ClN7O6/c18-7-1-2-8(27)6(3-7)4-20-24-17-21-10-13(22-16(19)23-14(10)30)25(17)15-12(29)11(28)9(5-26)31-15/h1-4,9,11-12,15,26-29H,5H2,(H,21,24)(H3,19,22,23,30)/b20-4-/t9-,11-,12-,15-/m1/s1. The molecule has 1 aromatic carbocycles. The Morgan fingerprint density at radius 2 is 2.13 bits per heavy atom. The Balaban J connectivity index is 1.77. The highest BCUT2D eigenvalue weighted by Gasteiger charge is 2.45. The van der Waals surface area contributed by atoms with E-state index in [0.29, 0.717) is 10.6 Å². The number of hydrogen-bond donors (Lipinski definition) is 7. The molecule has 0 spiro atoms. The number of rotatable bonds is 5. The van der Waals surface area contributed by atoms with Crippen molar-refractivity contribution in [2.45, 2.75) is 24.5 Å². The van der Waals surface area contributed by atoms with Crippen LogP contribution in [-0.2, 0) is 4.74 Å².